The van der Waals surface area contributed by atoms with Crippen molar-refractivity contribution in [1.82, 2.24) is 0 Å². The molecule has 122 valence electrons. The Kier molecular flexibility index (Phi) is 3.71. The van der Waals surface area contributed by atoms with Gasteiger partial charge in [0.25, 0.3) is 0 Å². The van der Waals surface area contributed by atoms with E-state index in [0.29, 0.717) is 18.4 Å². The van der Waals surface area contributed by atoms with Gasteiger partial charge in [-0.25, -0.2) is 0 Å². The highest BCUT2D eigenvalue weighted by atomic mass is 16.7. The van der Waals surface area contributed by atoms with Crippen LogP contribution in [0.4, 0.5) is 0 Å². The number of hydrogen-bond acceptors (Lipinski definition) is 3. The lowest BCUT2D eigenvalue weighted by molar-refractivity contribution is -0.167. The summed E-state index contributed by atoms with van der Waals surface area (Å²) in [6.45, 7) is 5.83. The van der Waals surface area contributed by atoms with E-state index in [-0.39, 0.29) is 11.2 Å². The Hall–Kier alpha value is -0.640. The van der Waals surface area contributed by atoms with Crippen molar-refractivity contribution >= 4 is 0 Å². The fraction of sp³-hybridized carbons (Fsp3) is 0.789. The Morgan fingerprint density at radius 2 is 2.00 bits per heavy atom. The summed E-state index contributed by atoms with van der Waals surface area (Å²) in [6.07, 6.45) is 11.0. The minimum atomic E-state index is -0.338. The topological polar surface area (TPSA) is 38.7 Å². The van der Waals surface area contributed by atoms with Crippen molar-refractivity contribution in [2.75, 3.05) is 19.8 Å². The van der Waals surface area contributed by atoms with E-state index in [1.165, 1.54) is 24.8 Å². The quantitative estimate of drug-likeness (QED) is 0.792. The van der Waals surface area contributed by atoms with E-state index in [9.17, 15) is 5.11 Å². The molecule has 0 radical (unpaired) electrons. The fourth-order valence-corrected chi connectivity index (χ4v) is 5.81. The van der Waals surface area contributed by atoms with Gasteiger partial charge in [-0.1, -0.05) is 23.6 Å². The van der Waals surface area contributed by atoms with Gasteiger partial charge in [-0.3, -0.25) is 0 Å². The van der Waals surface area contributed by atoms with Crippen LogP contribution >= 0.6 is 0 Å². The monoisotopic (exact) mass is 304 g/mol. The van der Waals surface area contributed by atoms with E-state index in [0.717, 1.165) is 45.3 Å². The van der Waals surface area contributed by atoms with Gasteiger partial charge in [0.1, 0.15) is 0 Å². The van der Waals surface area contributed by atoms with Crippen LogP contribution in [0.3, 0.4) is 0 Å². The molecule has 1 spiro atoms. The van der Waals surface area contributed by atoms with Gasteiger partial charge in [-0.15, -0.1) is 6.58 Å². The molecule has 1 heterocycles. The molecule has 0 bridgehead atoms. The lowest BCUT2D eigenvalue weighted by atomic mass is 9.52. The second kappa shape index (κ2) is 5.47. The van der Waals surface area contributed by atoms with Gasteiger partial charge in [0.15, 0.2) is 5.79 Å². The largest absolute Gasteiger partial charge is 0.395 e. The van der Waals surface area contributed by atoms with Gasteiger partial charge in [0, 0.05) is 18.3 Å². The summed E-state index contributed by atoms with van der Waals surface area (Å²) < 4.78 is 11.9. The number of aliphatic hydroxyl groups excluding tert-OH is 1. The first-order chi connectivity index (χ1) is 10.7. The van der Waals surface area contributed by atoms with Crippen LogP contribution < -0.4 is 0 Å². The number of hydrogen-bond donors (Lipinski definition) is 1. The molecule has 3 nitrogen and oxygen atoms in total. The molecular formula is C19H28O3. The normalized spacial score (nSPS) is 40.4. The summed E-state index contributed by atoms with van der Waals surface area (Å²) in [5.74, 6) is 0.821. The molecule has 2 fully saturated rings. The predicted molar refractivity (Wildman–Crippen MR) is 85.3 cm³/mol. The van der Waals surface area contributed by atoms with Crippen molar-refractivity contribution < 1.29 is 14.6 Å². The SMILES string of the molecule is C=C[C@H]1CCC[C@@]2(CO)C3=C(CC[C@H]12)CC1(CC3)OCCO1. The molecule has 3 atom stereocenters. The zero-order valence-electron chi connectivity index (χ0n) is 13.5. The van der Waals surface area contributed by atoms with Gasteiger partial charge in [-0.05, 0) is 43.9 Å². The fourth-order valence-electron chi connectivity index (χ4n) is 5.81. The van der Waals surface area contributed by atoms with E-state index < -0.39 is 0 Å². The van der Waals surface area contributed by atoms with Crippen molar-refractivity contribution in [3.63, 3.8) is 0 Å². The smallest absolute Gasteiger partial charge is 0.172 e. The van der Waals surface area contributed by atoms with Crippen molar-refractivity contribution in [3.05, 3.63) is 23.8 Å². The van der Waals surface area contributed by atoms with Crippen LogP contribution in [0.2, 0.25) is 0 Å². The van der Waals surface area contributed by atoms with Crippen molar-refractivity contribution in [1.29, 1.82) is 0 Å². The van der Waals surface area contributed by atoms with Crippen LogP contribution in [-0.4, -0.2) is 30.7 Å². The summed E-state index contributed by atoms with van der Waals surface area (Å²) in [5.41, 5.74) is 3.11. The molecule has 0 aromatic heterocycles. The van der Waals surface area contributed by atoms with Crippen molar-refractivity contribution in [2.45, 2.75) is 57.2 Å². The first-order valence-electron chi connectivity index (χ1n) is 8.96. The van der Waals surface area contributed by atoms with Crippen LogP contribution in [0, 0.1) is 17.3 Å². The molecular weight excluding hydrogens is 276 g/mol. The second-order valence-corrected chi connectivity index (χ2v) is 7.62. The Morgan fingerprint density at radius 1 is 1.18 bits per heavy atom. The van der Waals surface area contributed by atoms with Crippen LogP contribution in [0.15, 0.2) is 23.8 Å². The van der Waals surface area contributed by atoms with E-state index in [2.05, 4.69) is 12.7 Å². The maximum Gasteiger partial charge on any atom is 0.172 e. The van der Waals surface area contributed by atoms with Gasteiger partial charge < -0.3 is 14.6 Å². The minimum Gasteiger partial charge on any atom is -0.395 e. The third-order valence-electron chi connectivity index (χ3n) is 6.81. The predicted octanol–water partition coefficient (Wildman–Crippen LogP) is 3.58. The Labute approximate surface area is 133 Å². The average Bonchev–Trinajstić information content (AvgIpc) is 3.01. The van der Waals surface area contributed by atoms with Crippen LogP contribution in [0.5, 0.6) is 0 Å². The third-order valence-corrected chi connectivity index (χ3v) is 6.81. The summed E-state index contributed by atoms with van der Waals surface area (Å²) in [5, 5.41) is 10.4. The highest BCUT2D eigenvalue weighted by Crippen LogP contribution is 2.59. The zero-order chi connectivity index (χ0) is 15.2. The summed E-state index contributed by atoms with van der Waals surface area (Å²) in [4.78, 5) is 0. The average molecular weight is 304 g/mol. The molecule has 4 rings (SSSR count). The maximum atomic E-state index is 10.4. The summed E-state index contributed by atoms with van der Waals surface area (Å²) >= 11 is 0. The lowest BCUT2D eigenvalue weighted by Gasteiger charge is -2.54. The van der Waals surface area contributed by atoms with E-state index in [1.807, 2.05) is 0 Å². The van der Waals surface area contributed by atoms with Crippen LogP contribution in [0.1, 0.15) is 51.4 Å². The van der Waals surface area contributed by atoms with Crippen LogP contribution in [-0.2, 0) is 9.47 Å². The van der Waals surface area contributed by atoms with Gasteiger partial charge in [0.2, 0.25) is 0 Å². The van der Waals surface area contributed by atoms with E-state index in [4.69, 9.17) is 9.47 Å². The first kappa shape index (κ1) is 14.9. The molecule has 1 N–H and O–H groups in total. The van der Waals surface area contributed by atoms with Gasteiger partial charge >= 0.3 is 0 Å². The highest BCUT2D eigenvalue weighted by Gasteiger charge is 2.52. The maximum absolute atomic E-state index is 10.4. The number of fused-ring (bicyclic) bond motifs is 2. The molecule has 0 amide bonds. The van der Waals surface area contributed by atoms with E-state index in [1.54, 1.807) is 5.57 Å². The molecule has 0 aromatic rings. The Morgan fingerprint density at radius 3 is 2.73 bits per heavy atom. The standard InChI is InChI=1S/C19H28O3/c1-2-14-4-3-8-18(13-20)16(14)6-5-15-12-19(9-7-17(15)18)21-10-11-22-19/h2,14,16,20H,1,3-13H2/t14-,16+,18-/m0/s1. The number of rotatable bonds is 2. The van der Waals surface area contributed by atoms with Gasteiger partial charge in [-0.2, -0.15) is 0 Å². The molecule has 1 aliphatic heterocycles. The number of aliphatic hydroxyl groups is 1. The molecule has 4 aliphatic rings. The highest BCUT2D eigenvalue weighted by molar-refractivity contribution is 5.32. The number of allylic oxidation sites excluding steroid dienone is 1. The molecule has 22 heavy (non-hydrogen) atoms. The number of ether oxygens (including phenoxy) is 2. The first-order valence-corrected chi connectivity index (χ1v) is 8.96. The second-order valence-electron chi connectivity index (χ2n) is 7.62. The Balaban J connectivity index is 1.69. The Bertz CT molecular complexity index is 489. The molecule has 0 aromatic carbocycles. The van der Waals surface area contributed by atoms with Gasteiger partial charge in [0.05, 0.1) is 19.8 Å². The van der Waals surface area contributed by atoms with E-state index >= 15 is 0 Å². The summed E-state index contributed by atoms with van der Waals surface area (Å²) in [6, 6.07) is 0. The lowest BCUT2D eigenvalue weighted by Crippen LogP contribution is -2.48. The van der Waals surface area contributed by atoms with Crippen LogP contribution in [0.25, 0.3) is 0 Å². The third kappa shape index (κ3) is 2.05. The minimum absolute atomic E-state index is 0.0188. The van der Waals surface area contributed by atoms with Crippen molar-refractivity contribution in [2.24, 2.45) is 17.3 Å². The molecule has 3 aliphatic carbocycles. The molecule has 1 saturated carbocycles. The molecule has 3 heteroatoms. The summed E-state index contributed by atoms with van der Waals surface area (Å²) in [7, 11) is 0. The molecule has 0 unspecified atom stereocenters. The zero-order valence-corrected chi connectivity index (χ0v) is 13.5. The van der Waals surface area contributed by atoms with Crippen molar-refractivity contribution in [3.8, 4) is 0 Å². The molecule has 1 saturated heterocycles.